The number of nitrogens with two attached hydrogens (primary N) is 1. The number of methoxy groups -OCH3 is 1. The van der Waals surface area contributed by atoms with Crippen LogP contribution < -0.4 is 11.3 Å². The molecule has 1 aliphatic carbocycles. The Kier molecular flexibility index (Phi) is 6.45. The zero-order chi connectivity index (χ0) is 12.8. The maximum Gasteiger partial charge on any atom is 0.0740 e. The van der Waals surface area contributed by atoms with E-state index in [1.165, 1.54) is 19.3 Å². The Hall–Kier alpha value is -0.120. The fourth-order valence-corrected chi connectivity index (χ4v) is 3.19. The van der Waals surface area contributed by atoms with Gasteiger partial charge in [-0.25, -0.2) is 0 Å². The molecule has 17 heavy (non-hydrogen) atoms. The van der Waals surface area contributed by atoms with E-state index >= 15 is 0 Å². The average Bonchev–Trinajstić information content (AvgIpc) is 2.33. The first-order valence-electron chi connectivity index (χ1n) is 7.12. The lowest BCUT2D eigenvalue weighted by Crippen LogP contribution is -2.51. The van der Waals surface area contributed by atoms with Gasteiger partial charge in [-0.3, -0.25) is 11.3 Å². The molecule has 102 valence electrons. The molecule has 0 aliphatic heterocycles. The summed E-state index contributed by atoms with van der Waals surface area (Å²) < 4.78 is 5.62. The van der Waals surface area contributed by atoms with Gasteiger partial charge in [-0.2, -0.15) is 0 Å². The van der Waals surface area contributed by atoms with Crippen molar-refractivity contribution in [1.29, 1.82) is 0 Å². The van der Waals surface area contributed by atoms with Gasteiger partial charge in [0.15, 0.2) is 0 Å². The summed E-state index contributed by atoms with van der Waals surface area (Å²) in [6.45, 7) is 6.93. The lowest BCUT2D eigenvalue weighted by atomic mass is 9.72. The highest BCUT2D eigenvalue weighted by Crippen LogP contribution is 2.36. The fourth-order valence-electron chi connectivity index (χ4n) is 3.19. The molecule has 3 N–H and O–H groups in total. The summed E-state index contributed by atoms with van der Waals surface area (Å²) in [6.07, 6.45) is 6.38. The lowest BCUT2D eigenvalue weighted by Gasteiger charge is -2.39. The number of rotatable bonds is 6. The minimum absolute atomic E-state index is 0.260. The molecule has 0 heterocycles. The van der Waals surface area contributed by atoms with E-state index in [9.17, 15) is 0 Å². The summed E-state index contributed by atoms with van der Waals surface area (Å²) in [4.78, 5) is 0. The third kappa shape index (κ3) is 3.94. The summed E-state index contributed by atoms with van der Waals surface area (Å²) in [5, 5.41) is 0. The Labute approximate surface area is 106 Å². The predicted octanol–water partition coefficient (Wildman–Crippen LogP) is 2.71. The zero-order valence-electron chi connectivity index (χ0n) is 11.9. The van der Waals surface area contributed by atoms with Crippen LogP contribution in [0.5, 0.6) is 0 Å². The smallest absolute Gasteiger partial charge is 0.0740 e. The first-order valence-corrected chi connectivity index (χ1v) is 7.12. The van der Waals surface area contributed by atoms with Crippen LogP contribution >= 0.6 is 0 Å². The second-order valence-electron chi connectivity index (χ2n) is 5.78. The van der Waals surface area contributed by atoms with Gasteiger partial charge in [0.2, 0.25) is 0 Å². The standard InChI is InChI=1S/C14H30N2O/c1-5-6-13(17-4)14(16-15)12-8-7-10(2)11(3)9-12/h10-14,16H,5-9,15H2,1-4H3. The average molecular weight is 242 g/mol. The SMILES string of the molecule is CCCC(OC)C(NN)C1CCC(C)C(C)C1. The second kappa shape index (κ2) is 7.34. The van der Waals surface area contributed by atoms with Crippen LogP contribution in [0, 0.1) is 17.8 Å². The monoisotopic (exact) mass is 242 g/mol. The van der Waals surface area contributed by atoms with Crippen molar-refractivity contribution in [2.75, 3.05) is 7.11 Å². The van der Waals surface area contributed by atoms with E-state index in [1.54, 1.807) is 7.11 Å². The van der Waals surface area contributed by atoms with E-state index in [0.717, 1.165) is 24.7 Å². The molecule has 0 aromatic heterocycles. The predicted molar refractivity (Wildman–Crippen MR) is 72.5 cm³/mol. The first kappa shape index (κ1) is 14.9. The summed E-state index contributed by atoms with van der Waals surface area (Å²) >= 11 is 0. The maximum atomic E-state index is 5.76. The van der Waals surface area contributed by atoms with Crippen LogP contribution in [0.1, 0.15) is 52.9 Å². The Morgan fingerprint density at radius 1 is 1.29 bits per heavy atom. The van der Waals surface area contributed by atoms with Gasteiger partial charge in [0.25, 0.3) is 0 Å². The molecule has 1 aliphatic rings. The van der Waals surface area contributed by atoms with Crippen molar-refractivity contribution in [3.8, 4) is 0 Å². The van der Waals surface area contributed by atoms with Gasteiger partial charge >= 0.3 is 0 Å². The molecule has 0 bridgehead atoms. The van der Waals surface area contributed by atoms with Crippen molar-refractivity contribution in [1.82, 2.24) is 5.43 Å². The van der Waals surface area contributed by atoms with Gasteiger partial charge in [-0.1, -0.05) is 33.6 Å². The van der Waals surface area contributed by atoms with E-state index in [-0.39, 0.29) is 6.10 Å². The van der Waals surface area contributed by atoms with Crippen LogP contribution in [0.2, 0.25) is 0 Å². The Morgan fingerprint density at radius 2 is 2.00 bits per heavy atom. The summed E-state index contributed by atoms with van der Waals surface area (Å²) in [5.74, 6) is 8.10. The lowest BCUT2D eigenvalue weighted by molar-refractivity contribution is 0.0232. The minimum Gasteiger partial charge on any atom is -0.380 e. The summed E-state index contributed by atoms with van der Waals surface area (Å²) in [6, 6.07) is 0.315. The van der Waals surface area contributed by atoms with E-state index in [1.807, 2.05) is 0 Å². The van der Waals surface area contributed by atoms with Crippen molar-refractivity contribution in [2.24, 2.45) is 23.6 Å². The highest BCUT2D eigenvalue weighted by atomic mass is 16.5. The normalized spacial score (nSPS) is 33.4. The van der Waals surface area contributed by atoms with Crippen molar-refractivity contribution in [3.63, 3.8) is 0 Å². The molecule has 1 fully saturated rings. The molecule has 0 aromatic rings. The van der Waals surface area contributed by atoms with Crippen molar-refractivity contribution in [3.05, 3.63) is 0 Å². The van der Waals surface area contributed by atoms with Gasteiger partial charge in [-0.15, -0.1) is 0 Å². The summed E-state index contributed by atoms with van der Waals surface area (Å²) in [5.41, 5.74) is 3.02. The zero-order valence-corrected chi connectivity index (χ0v) is 11.9. The third-order valence-electron chi connectivity index (χ3n) is 4.62. The first-order chi connectivity index (χ1) is 8.13. The molecule has 0 radical (unpaired) electrons. The van der Waals surface area contributed by atoms with Crippen LogP contribution in [0.4, 0.5) is 0 Å². The van der Waals surface area contributed by atoms with Gasteiger partial charge in [0.1, 0.15) is 0 Å². The molecule has 5 atom stereocenters. The van der Waals surface area contributed by atoms with Gasteiger partial charge in [0, 0.05) is 7.11 Å². The molecule has 0 spiro atoms. The van der Waals surface area contributed by atoms with Crippen LogP contribution in [0.3, 0.4) is 0 Å². The molecule has 0 aromatic carbocycles. The number of hydrogen-bond donors (Lipinski definition) is 2. The quantitative estimate of drug-likeness (QED) is 0.556. The molecular formula is C14H30N2O. The topological polar surface area (TPSA) is 47.3 Å². The number of hydrogen-bond acceptors (Lipinski definition) is 3. The molecule has 3 nitrogen and oxygen atoms in total. The Bertz CT molecular complexity index is 210. The molecular weight excluding hydrogens is 212 g/mol. The molecule has 5 unspecified atom stereocenters. The minimum atomic E-state index is 0.260. The third-order valence-corrected chi connectivity index (χ3v) is 4.62. The molecule has 3 heteroatoms. The van der Waals surface area contributed by atoms with E-state index in [2.05, 4.69) is 26.2 Å². The van der Waals surface area contributed by atoms with E-state index in [0.29, 0.717) is 12.0 Å². The largest absolute Gasteiger partial charge is 0.380 e. The van der Waals surface area contributed by atoms with Crippen LogP contribution in [0.15, 0.2) is 0 Å². The van der Waals surface area contributed by atoms with E-state index < -0.39 is 0 Å². The number of nitrogens with one attached hydrogen (secondary N) is 1. The second-order valence-corrected chi connectivity index (χ2v) is 5.78. The molecule has 1 saturated carbocycles. The van der Waals surface area contributed by atoms with Crippen molar-refractivity contribution < 1.29 is 4.74 Å². The van der Waals surface area contributed by atoms with Crippen LogP contribution in [-0.2, 0) is 4.74 Å². The molecule has 1 rings (SSSR count). The van der Waals surface area contributed by atoms with Gasteiger partial charge in [-0.05, 0) is 37.0 Å². The van der Waals surface area contributed by atoms with Gasteiger partial charge in [0.05, 0.1) is 12.1 Å². The van der Waals surface area contributed by atoms with E-state index in [4.69, 9.17) is 10.6 Å². The van der Waals surface area contributed by atoms with Crippen molar-refractivity contribution >= 4 is 0 Å². The maximum absolute atomic E-state index is 5.76. The van der Waals surface area contributed by atoms with Gasteiger partial charge < -0.3 is 4.74 Å². The Morgan fingerprint density at radius 3 is 2.47 bits per heavy atom. The fraction of sp³-hybridized carbons (Fsp3) is 1.00. The summed E-state index contributed by atoms with van der Waals surface area (Å²) in [7, 11) is 1.81. The number of hydrazine groups is 1. The highest BCUT2D eigenvalue weighted by molar-refractivity contribution is 4.87. The van der Waals surface area contributed by atoms with Crippen molar-refractivity contribution in [2.45, 2.75) is 65.0 Å². The molecule has 0 amide bonds. The Balaban J connectivity index is 2.60. The van der Waals surface area contributed by atoms with Crippen LogP contribution in [-0.4, -0.2) is 19.3 Å². The highest BCUT2D eigenvalue weighted by Gasteiger charge is 2.33. The number of ether oxygens (including phenoxy) is 1. The molecule has 0 saturated heterocycles. The van der Waals surface area contributed by atoms with Crippen LogP contribution in [0.25, 0.3) is 0 Å².